The normalized spacial score (nSPS) is 22.1. The van der Waals surface area contributed by atoms with Gasteiger partial charge in [0, 0.05) is 44.2 Å². The molecule has 138 valence electrons. The topological polar surface area (TPSA) is 84.5 Å². The van der Waals surface area contributed by atoms with Gasteiger partial charge in [-0.05, 0) is 33.3 Å². The molecule has 0 spiro atoms. The van der Waals surface area contributed by atoms with Crippen LogP contribution in [0.3, 0.4) is 0 Å². The molecule has 0 aromatic carbocycles. The van der Waals surface area contributed by atoms with Crippen LogP contribution in [-0.4, -0.2) is 62.2 Å². The fourth-order valence-electron chi connectivity index (χ4n) is 4.01. The summed E-state index contributed by atoms with van der Waals surface area (Å²) in [6.45, 7) is 8.30. The molecule has 2 aromatic heterocycles. The van der Waals surface area contributed by atoms with Crippen molar-refractivity contribution in [1.82, 2.24) is 24.7 Å². The van der Waals surface area contributed by atoms with Gasteiger partial charge in [-0.1, -0.05) is 5.16 Å². The number of hydrogen-bond donors (Lipinski definition) is 0. The lowest BCUT2D eigenvalue weighted by molar-refractivity contribution is -0.0234. The Morgan fingerprint density at radius 2 is 2.04 bits per heavy atom. The fraction of sp³-hybridized carbons (Fsp3) is 0.556. The van der Waals surface area contributed by atoms with E-state index in [1.807, 2.05) is 29.7 Å². The second-order valence-corrected chi connectivity index (χ2v) is 7.13. The standard InChI is InChI=1S/C18H23N5O3/c1-4-23-16(7-11(2)19-23)18(25)22-10-13-9-21(6-5-15(13)22)17(24)14-8-12(3)26-20-14/h7-8,13,15H,4-6,9-10H2,1-3H3/t13-,15-/m0/s1. The Hall–Kier alpha value is -2.64. The molecule has 0 N–H and O–H groups in total. The van der Waals surface area contributed by atoms with Crippen molar-refractivity contribution in [2.75, 3.05) is 19.6 Å². The first-order valence-electron chi connectivity index (χ1n) is 9.06. The quantitative estimate of drug-likeness (QED) is 0.831. The van der Waals surface area contributed by atoms with E-state index in [1.54, 1.807) is 17.7 Å². The van der Waals surface area contributed by atoms with Gasteiger partial charge in [0.1, 0.15) is 11.5 Å². The van der Waals surface area contributed by atoms with E-state index in [2.05, 4.69) is 10.3 Å². The zero-order valence-electron chi connectivity index (χ0n) is 15.3. The van der Waals surface area contributed by atoms with E-state index in [0.717, 1.165) is 12.1 Å². The third kappa shape index (κ3) is 2.69. The molecule has 26 heavy (non-hydrogen) atoms. The molecular formula is C18H23N5O3. The number of likely N-dealkylation sites (tertiary alicyclic amines) is 2. The van der Waals surface area contributed by atoms with Crippen LogP contribution < -0.4 is 0 Å². The smallest absolute Gasteiger partial charge is 0.276 e. The van der Waals surface area contributed by atoms with Crippen molar-refractivity contribution in [3.63, 3.8) is 0 Å². The molecule has 2 saturated heterocycles. The van der Waals surface area contributed by atoms with Gasteiger partial charge in [-0.3, -0.25) is 14.3 Å². The van der Waals surface area contributed by atoms with Crippen molar-refractivity contribution in [1.29, 1.82) is 0 Å². The van der Waals surface area contributed by atoms with Crippen LogP contribution >= 0.6 is 0 Å². The second-order valence-electron chi connectivity index (χ2n) is 7.13. The predicted octanol–water partition coefficient (Wildman–Crippen LogP) is 1.49. The SMILES string of the molecule is CCn1nc(C)cc1C(=O)N1C[C@@H]2CN(C(=O)c3cc(C)on3)CC[C@@H]21. The van der Waals surface area contributed by atoms with E-state index < -0.39 is 0 Å². The number of piperidine rings is 1. The number of hydrogen-bond acceptors (Lipinski definition) is 5. The van der Waals surface area contributed by atoms with Gasteiger partial charge in [-0.2, -0.15) is 5.10 Å². The monoisotopic (exact) mass is 357 g/mol. The lowest BCUT2D eigenvalue weighted by Gasteiger charge is -2.53. The summed E-state index contributed by atoms with van der Waals surface area (Å²) in [5.74, 6) is 0.903. The summed E-state index contributed by atoms with van der Waals surface area (Å²) in [6, 6.07) is 3.72. The molecule has 0 aliphatic carbocycles. The molecule has 2 aliphatic rings. The largest absolute Gasteiger partial charge is 0.361 e. The van der Waals surface area contributed by atoms with Crippen LogP contribution in [0.15, 0.2) is 16.7 Å². The van der Waals surface area contributed by atoms with E-state index in [9.17, 15) is 9.59 Å². The number of nitrogens with zero attached hydrogens (tertiary/aromatic N) is 5. The number of amides is 2. The van der Waals surface area contributed by atoms with Crippen LogP contribution in [0.2, 0.25) is 0 Å². The van der Waals surface area contributed by atoms with Crippen molar-refractivity contribution < 1.29 is 14.1 Å². The highest BCUT2D eigenvalue weighted by Crippen LogP contribution is 2.34. The number of aryl methyl sites for hydroxylation is 3. The highest BCUT2D eigenvalue weighted by Gasteiger charge is 2.46. The first kappa shape index (κ1) is 16.8. The Morgan fingerprint density at radius 1 is 1.23 bits per heavy atom. The Morgan fingerprint density at radius 3 is 2.69 bits per heavy atom. The molecule has 0 bridgehead atoms. The maximum absolute atomic E-state index is 12.9. The molecule has 0 saturated carbocycles. The Balaban J connectivity index is 1.41. The van der Waals surface area contributed by atoms with Crippen molar-refractivity contribution in [3.05, 3.63) is 35.0 Å². The fourth-order valence-corrected chi connectivity index (χ4v) is 4.01. The summed E-state index contributed by atoms with van der Waals surface area (Å²) < 4.78 is 6.76. The third-order valence-electron chi connectivity index (χ3n) is 5.34. The van der Waals surface area contributed by atoms with Gasteiger partial charge in [0.2, 0.25) is 0 Å². The molecule has 2 fully saturated rings. The number of fused-ring (bicyclic) bond motifs is 1. The minimum absolute atomic E-state index is 0.0422. The minimum atomic E-state index is -0.0928. The summed E-state index contributed by atoms with van der Waals surface area (Å²) in [6.07, 6.45) is 0.790. The lowest BCUT2D eigenvalue weighted by atomic mass is 9.82. The molecule has 2 aliphatic heterocycles. The highest BCUT2D eigenvalue weighted by atomic mass is 16.5. The molecule has 2 aromatic rings. The van der Waals surface area contributed by atoms with E-state index in [4.69, 9.17) is 4.52 Å². The molecule has 0 radical (unpaired) electrons. The van der Waals surface area contributed by atoms with Crippen LogP contribution in [0.5, 0.6) is 0 Å². The Bertz CT molecular complexity index is 855. The van der Waals surface area contributed by atoms with Crippen LogP contribution in [-0.2, 0) is 6.54 Å². The summed E-state index contributed by atoms with van der Waals surface area (Å²) in [5, 5.41) is 8.18. The minimum Gasteiger partial charge on any atom is -0.361 e. The van der Waals surface area contributed by atoms with Crippen molar-refractivity contribution in [2.24, 2.45) is 5.92 Å². The van der Waals surface area contributed by atoms with Crippen molar-refractivity contribution in [3.8, 4) is 0 Å². The summed E-state index contributed by atoms with van der Waals surface area (Å²) in [4.78, 5) is 29.1. The van der Waals surface area contributed by atoms with Gasteiger partial charge in [0.05, 0.1) is 5.69 Å². The molecule has 2 atom stereocenters. The van der Waals surface area contributed by atoms with E-state index in [0.29, 0.717) is 49.2 Å². The number of carbonyl (C=O) groups is 2. The van der Waals surface area contributed by atoms with Gasteiger partial charge < -0.3 is 14.3 Å². The van der Waals surface area contributed by atoms with Gasteiger partial charge in [0.15, 0.2) is 5.69 Å². The number of carbonyl (C=O) groups excluding carboxylic acids is 2. The maximum atomic E-state index is 12.9. The van der Waals surface area contributed by atoms with E-state index in [-0.39, 0.29) is 17.9 Å². The van der Waals surface area contributed by atoms with E-state index >= 15 is 0 Å². The summed E-state index contributed by atoms with van der Waals surface area (Å²) in [5.41, 5.74) is 1.87. The number of aromatic nitrogens is 3. The van der Waals surface area contributed by atoms with Crippen LogP contribution in [0.4, 0.5) is 0 Å². The van der Waals surface area contributed by atoms with Crippen LogP contribution in [0.1, 0.15) is 45.8 Å². The molecule has 2 amide bonds. The Kier molecular flexibility index (Phi) is 4.05. The molecular weight excluding hydrogens is 334 g/mol. The van der Waals surface area contributed by atoms with Gasteiger partial charge in [-0.25, -0.2) is 0 Å². The zero-order chi connectivity index (χ0) is 18.4. The second kappa shape index (κ2) is 6.26. The molecule has 0 unspecified atom stereocenters. The van der Waals surface area contributed by atoms with Crippen LogP contribution in [0, 0.1) is 19.8 Å². The lowest BCUT2D eigenvalue weighted by Crippen LogP contribution is -2.65. The first-order chi connectivity index (χ1) is 12.5. The highest BCUT2D eigenvalue weighted by molar-refractivity contribution is 5.94. The van der Waals surface area contributed by atoms with Gasteiger partial charge in [-0.15, -0.1) is 0 Å². The summed E-state index contributed by atoms with van der Waals surface area (Å²) in [7, 11) is 0. The van der Waals surface area contributed by atoms with Gasteiger partial charge in [0.25, 0.3) is 11.8 Å². The van der Waals surface area contributed by atoms with Crippen molar-refractivity contribution >= 4 is 11.8 Å². The molecule has 4 rings (SSSR count). The first-order valence-corrected chi connectivity index (χ1v) is 9.06. The summed E-state index contributed by atoms with van der Waals surface area (Å²) >= 11 is 0. The van der Waals surface area contributed by atoms with E-state index in [1.165, 1.54) is 0 Å². The zero-order valence-corrected chi connectivity index (χ0v) is 15.3. The molecule has 4 heterocycles. The van der Waals surface area contributed by atoms with Crippen LogP contribution in [0.25, 0.3) is 0 Å². The Labute approximate surface area is 151 Å². The number of rotatable bonds is 3. The third-order valence-corrected chi connectivity index (χ3v) is 5.34. The average molecular weight is 357 g/mol. The average Bonchev–Trinajstić information content (AvgIpc) is 3.20. The van der Waals surface area contributed by atoms with Crippen molar-refractivity contribution in [2.45, 2.75) is 39.8 Å². The molecule has 8 heteroatoms. The van der Waals surface area contributed by atoms with Gasteiger partial charge >= 0.3 is 0 Å². The predicted molar refractivity (Wildman–Crippen MR) is 92.7 cm³/mol. The maximum Gasteiger partial charge on any atom is 0.276 e. The molecule has 8 nitrogen and oxygen atoms in total.